The Morgan fingerprint density at radius 3 is 2.75 bits per heavy atom. The molecule has 0 spiro atoms. The number of thiol groups is 1. The van der Waals surface area contributed by atoms with Gasteiger partial charge in [-0.15, -0.1) is 0 Å². The summed E-state index contributed by atoms with van der Waals surface area (Å²) in [4.78, 5) is 12.0. The highest BCUT2D eigenvalue weighted by atomic mass is 32.1. The molecule has 1 aliphatic carbocycles. The molecule has 0 bridgehead atoms. The maximum atomic E-state index is 12.0. The van der Waals surface area contributed by atoms with E-state index in [1.807, 2.05) is 29.8 Å². The van der Waals surface area contributed by atoms with Crippen LogP contribution in [0.5, 0.6) is 0 Å². The molecule has 0 unspecified atom stereocenters. The summed E-state index contributed by atoms with van der Waals surface area (Å²) in [5.74, 6) is 0.882. The molecule has 0 radical (unpaired) electrons. The Balaban J connectivity index is 2.26. The van der Waals surface area contributed by atoms with E-state index in [1.165, 1.54) is 25.7 Å². The molecule has 2 rings (SSSR count). The Morgan fingerprint density at radius 2 is 2.12 bits per heavy atom. The van der Waals surface area contributed by atoms with Gasteiger partial charge in [0, 0.05) is 18.3 Å². The molecule has 3 heteroatoms. The number of aryl methyl sites for hydroxylation is 1. The summed E-state index contributed by atoms with van der Waals surface area (Å²) >= 11 is 4.48. The zero-order valence-electron chi connectivity index (χ0n) is 9.78. The molecule has 88 valence electrons. The Hall–Kier alpha value is -0.700. The second-order valence-corrected chi connectivity index (χ2v) is 5.31. The summed E-state index contributed by atoms with van der Waals surface area (Å²) in [5.41, 5.74) is 1.23. The van der Waals surface area contributed by atoms with Crippen molar-refractivity contribution in [3.63, 3.8) is 0 Å². The first-order chi connectivity index (χ1) is 7.67. The molecule has 0 aliphatic heterocycles. The monoisotopic (exact) mass is 237 g/mol. The first-order valence-electron chi connectivity index (χ1n) is 5.94. The number of rotatable bonds is 3. The molecule has 2 nitrogen and oxygen atoms in total. The Kier molecular flexibility index (Phi) is 3.43. The van der Waals surface area contributed by atoms with Gasteiger partial charge in [-0.3, -0.25) is 4.79 Å². The standard InChI is InChI=1S/C13H19NOS/c1-11-5-4-8-14(12(11)15)9-13(10-16)6-2-3-7-13/h4-5,8,16H,2-3,6-7,9-10H2,1H3. The second-order valence-electron chi connectivity index (χ2n) is 4.99. The topological polar surface area (TPSA) is 22.0 Å². The van der Waals surface area contributed by atoms with Crippen molar-refractivity contribution >= 4 is 12.6 Å². The Labute approximate surface area is 102 Å². The van der Waals surface area contributed by atoms with Gasteiger partial charge in [-0.2, -0.15) is 12.6 Å². The predicted molar refractivity (Wildman–Crippen MR) is 70.2 cm³/mol. The Bertz CT molecular complexity index is 418. The summed E-state index contributed by atoms with van der Waals surface area (Å²) in [6.45, 7) is 2.71. The van der Waals surface area contributed by atoms with Crippen LogP contribution in [0, 0.1) is 12.3 Å². The minimum Gasteiger partial charge on any atom is -0.315 e. The minimum absolute atomic E-state index is 0.149. The molecule has 0 saturated heterocycles. The average Bonchev–Trinajstić information content (AvgIpc) is 2.74. The van der Waals surface area contributed by atoms with E-state index in [0.717, 1.165) is 17.9 Å². The van der Waals surface area contributed by atoms with Gasteiger partial charge in [0.25, 0.3) is 5.56 Å². The molecule has 0 aromatic carbocycles. The van der Waals surface area contributed by atoms with Gasteiger partial charge < -0.3 is 4.57 Å². The molecular formula is C13H19NOS. The quantitative estimate of drug-likeness (QED) is 0.802. The van der Waals surface area contributed by atoms with E-state index in [-0.39, 0.29) is 11.0 Å². The summed E-state index contributed by atoms with van der Waals surface area (Å²) in [6, 6.07) is 3.83. The molecular weight excluding hydrogens is 218 g/mol. The second kappa shape index (κ2) is 4.66. The highest BCUT2D eigenvalue weighted by Gasteiger charge is 2.33. The van der Waals surface area contributed by atoms with Gasteiger partial charge in [0.15, 0.2) is 0 Å². The van der Waals surface area contributed by atoms with Crippen molar-refractivity contribution < 1.29 is 0 Å². The fraction of sp³-hybridized carbons (Fsp3) is 0.615. The molecule has 1 saturated carbocycles. The van der Waals surface area contributed by atoms with Crippen LogP contribution in [0.25, 0.3) is 0 Å². The lowest BCUT2D eigenvalue weighted by molar-refractivity contribution is 0.286. The molecule has 0 atom stereocenters. The van der Waals surface area contributed by atoms with Gasteiger partial charge in [-0.25, -0.2) is 0 Å². The first kappa shape index (κ1) is 11.8. The van der Waals surface area contributed by atoms with Gasteiger partial charge in [0.2, 0.25) is 0 Å². The van der Waals surface area contributed by atoms with Crippen LogP contribution in [-0.4, -0.2) is 10.3 Å². The van der Waals surface area contributed by atoms with Crippen LogP contribution in [0.4, 0.5) is 0 Å². The van der Waals surface area contributed by atoms with Crippen LogP contribution in [-0.2, 0) is 6.54 Å². The van der Waals surface area contributed by atoms with Crippen molar-refractivity contribution in [3.8, 4) is 0 Å². The zero-order chi connectivity index (χ0) is 11.6. The summed E-state index contributed by atoms with van der Waals surface area (Å²) in [5, 5.41) is 0. The Morgan fingerprint density at radius 1 is 1.44 bits per heavy atom. The van der Waals surface area contributed by atoms with Crippen molar-refractivity contribution in [2.24, 2.45) is 5.41 Å². The summed E-state index contributed by atoms with van der Waals surface area (Å²) in [6.07, 6.45) is 6.87. The van der Waals surface area contributed by atoms with Crippen molar-refractivity contribution in [1.29, 1.82) is 0 Å². The normalized spacial score (nSPS) is 18.9. The van der Waals surface area contributed by atoms with Gasteiger partial charge >= 0.3 is 0 Å². The van der Waals surface area contributed by atoms with E-state index < -0.39 is 0 Å². The largest absolute Gasteiger partial charge is 0.315 e. The van der Waals surface area contributed by atoms with Crippen LogP contribution >= 0.6 is 12.6 Å². The van der Waals surface area contributed by atoms with Crippen LogP contribution < -0.4 is 5.56 Å². The van der Waals surface area contributed by atoms with Gasteiger partial charge in [-0.05, 0) is 37.0 Å². The van der Waals surface area contributed by atoms with Crippen molar-refractivity contribution in [2.75, 3.05) is 5.75 Å². The fourth-order valence-corrected chi connectivity index (χ4v) is 3.05. The van der Waals surface area contributed by atoms with Gasteiger partial charge in [0.05, 0.1) is 0 Å². The molecule has 1 aromatic heterocycles. The van der Waals surface area contributed by atoms with E-state index >= 15 is 0 Å². The third kappa shape index (κ3) is 2.19. The number of nitrogens with zero attached hydrogens (tertiary/aromatic N) is 1. The van der Waals surface area contributed by atoms with Gasteiger partial charge in [-0.1, -0.05) is 18.9 Å². The lowest BCUT2D eigenvalue weighted by Crippen LogP contribution is -2.32. The van der Waals surface area contributed by atoms with E-state index in [2.05, 4.69) is 12.6 Å². The molecule has 16 heavy (non-hydrogen) atoms. The van der Waals surface area contributed by atoms with Crippen molar-refractivity contribution in [1.82, 2.24) is 4.57 Å². The van der Waals surface area contributed by atoms with E-state index in [4.69, 9.17) is 0 Å². The van der Waals surface area contributed by atoms with Crippen molar-refractivity contribution in [2.45, 2.75) is 39.2 Å². The van der Waals surface area contributed by atoms with E-state index in [1.54, 1.807) is 0 Å². The van der Waals surface area contributed by atoms with Crippen LogP contribution in [0.15, 0.2) is 23.1 Å². The molecule has 1 heterocycles. The predicted octanol–water partition coefficient (Wildman–Crippen LogP) is 2.65. The number of hydrogen-bond donors (Lipinski definition) is 1. The smallest absolute Gasteiger partial charge is 0.253 e. The highest BCUT2D eigenvalue weighted by Crippen LogP contribution is 2.40. The molecule has 0 N–H and O–H groups in total. The van der Waals surface area contributed by atoms with Gasteiger partial charge in [0.1, 0.15) is 0 Å². The lowest BCUT2D eigenvalue weighted by Gasteiger charge is -2.27. The van der Waals surface area contributed by atoms with Crippen LogP contribution in [0.2, 0.25) is 0 Å². The lowest BCUT2D eigenvalue weighted by atomic mass is 9.88. The highest BCUT2D eigenvalue weighted by molar-refractivity contribution is 7.80. The van der Waals surface area contributed by atoms with E-state index in [0.29, 0.717) is 0 Å². The number of aromatic nitrogens is 1. The molecule has 0 amide bonds. The third-order valence-electron chi connectivity index (χ3n) is 3.72. The molecule has 1 aliphatic rings. The van der Waals surface area contributed by atoms with Crippen LogP contribution in [0.3, 0.4) is 0 Å². The molecule has 1 fully saturated rings. The summed E-state index contributed by atoms with van der Waals surface area (Å²) < 4.78 is 1.86. The average molecular weight is 237 g/mol. The zero-order valence-corrected chi connectivity index (χ0v) is 10.7. The maximum Gasteiger partial charge on any atom is 0.253 e. The third-order valence-corrected chi connectivity index (χ3v) is 4.39. The first-order valence-corrected chi connectivity index (χ1v) is 6.57. The van der Waals surface area contributed by atoms with Crippen LogP contribution in [0.1, 0.15) is 31.2 Å². The van der Waals surface area contributed by atoms with Crippen molar-refractivity contribution in [3.05, 3.63) is 34.2 Å². The summed E-state index contributed by atoms with van der Waals surface area (Å²) in [7, 11) is 0. The SMILES string of the molecule is Cc1cccn(CC2(CS)CCCC2)c1=O. The fourth-order valence-electron chi connectivity index (χ4n) is 2.63. The molecule has 1 aromatic rings. The maximum absolute atomic E-state index is 12.0. The van der Waals surface area contributed by atoms with E-state index in [9.17, 15) is 4.79 Å². The minimum atomic E-state index is 0.149. The number of pyridine rings is 1. The number of hydrogen-bond acceptors (Lipinski definition) is 2.